The van der Waals surface area contributed by atoms with Gasteiger partial charge in [-0.3, -0.25) is 0 Å². The van der Waals surface area contributed by atoms with Crippen LogP contribution in [0.5, 0.6) is 5.75 Å². The number of rotatable bonds is 6. The average Bonchev–Trinajstić information content (AvgIpc) is 2.33. The largest absolute Gasteiger partial charge is 0.496 e. The normalized spacial score (nSPS) is 17.3. The Labute approximate surface area is 109 Å². The van der Waals surface area contributed by atoms with E-state index in [2.05, 4.69) is 24.4 Å². The molecular weight excluding hydrogens is 226 g/mol. The van der Waals surface area contributed by atoms with E-state index in [0.29, 0.717) is 0 Å². The van der Waals surface area contributed by atoms with Gasteiger partial charge in [0.15, 0.2) is 0 Å². The number of hydrogen-bond acceptors (Lipinski definition) is 3. The van der Waals surface area contributed by atoms with E-state index in [9.17, 15) is 0 Å². The molecule has 2 rings (SSSR count). The Hall–Kier alpha value is -1.06. The lowest BCUT2D eigenvalue weighted by Gasteiger charge is -2.40. The molecule has 3 nitrogen and oxygen atoms in total. The third-order valence-electron chi connectivity index (χ3n) is 3.90. The first-order valence-corrected chi connectivity index (χ1v) is 6.58. The van der Waals surface area contributed by atoms with Crippen LogP contribution in [0.4, 0.5) is 0 Å². The summed E-state index contributed by atoms with van der Waals surface area (Å²) in [6.07, 6.45) is 3.62. The third kappa shape index (κ3) is 2.85. The van der Waals surface area contributed by atoms with E-state index in [1.807, 2.05) is 13.2 Å². The van der Waals surface area contributed by atoms with E-state index in [0.717, 1.165) is 18.8 Å². The summed E-state index contributed by atoms with van der Waals surface area (Å²) in [4.78, 5) is 0. The van der Waals surface area contributed by atoms with Crippen molar-refractivity contribution in [1.29, 1.82) is 0 Å². The number of benzene rings is 1. The second kappa shape index (κ2) is 5.72. The standard InChI is InChI=1S/C15H23NO2/c1-12-5-6-14(17-2)13(9-12)10-16-11-15(18-3)7-4-8-15/h5-6,9,16H,4,7-8,10-11H2,1-3H3. The molecule has 0 atom stereocenters. The molecule has 1 fully saturated rings. The number of nitrogens with one attached hydrogen (secondary N) is 1. The monoisotopic (exact) mass is 249 g/mol. The first kappa shape index (κ1) is 13.4. The van der Waals surface area contributed by atoms with E-state index in [1.54, 1.807) is 7.11 Å². The van der Waals surface area contributed by atoms with Crippen LogP contribution in [-0.4, -0.2) is 26.4 Å². The van der Waals surface area contributed by atoms with Gasteiger partial charge in [-0.25, -0.2) is 0 Å². The zero-order valence-corrected chi connectivity index (χ0v) is 11.6. The fourth-order valence-electron chi connectivity index (χ4n) is 2.49. The Morgan fingerprint density at radius 1 is 1.28 bits per heavy atom. The first-order chi connectivity index (χ1) is 8.69. The zero-order chi connectivity index (χ0) is 13.0. The molecule has 0 unspecified atom stereocenters. The molecule has 0 radical (unpaired) electrons. The van der Waals surface area contributed by atoms with Crippen LogP contribution in [0, 0.1) is 6.92 Å². The van der Waals surface area contributed by atoms with Crippen LogP contribution in [0.3, 0.4) is 0 Å². The van der Waals surface area contributed by atoms with Gasteiger partial charge in [0.2, 0.25) is 0 Å². The highest BCUT2D eigenvalue weighted by atomic mass is 16.5. The van der Waals surface area contributed by atoms with E-state index in [4.69, 9.17) is 9.47 Å². The van der Waals surface area contributed by atoms with Gasteiger partial charge in [0.25, 0.3) is 0 Å². The molecule has 0 aliphatic heterocycles. The van der Waals surface area contributed by atoms with E-state index >= 15 is 0 Å². The number of methoxy groups -OCH3 is 2. The second-order valence-electron chi connectivity index (χ2n) is 5.16. The lowest BCUT2D eigenvalue weighted by atomic mass is 9.80. The molecule has 0 aromatic heterocycles. The van der Waals surface area contributed by atoms with E-state index < -0.39 is 0 Å². The van der Waals surface area contributed by atoms with Gasteiger partial charge in [-0.15, -0.1) is 0 Å². The van der Waals surface area contributed by atoms with Crippen molar-refractivity contribution in [1.82, 2.24) is 5.32 Å². The average molecular weight is 249 g/mol. The predicted octanol–water partition coefficient (Wildman–Crippen LogP) is 2.66. The topological polar surface area (TPSA) is 30.5 Å². The van der Waals surface area contributed by atoms with Crippen molar-refractivity contribution in [2.24, 2.45) is 0 Å². The van der Waals surface area contributed by atoms with Crippen LogP contribution in [0.15, 0.2) is 18.2 Å². The minimum absolute atomic E-state index is 0.0804. The maximum Gasteiger partial charge on any atom is 0.123 e. The summed E-state index contributed by atoms with van der Waals surface area (Å²) in [7, 11) is 3.53. The first-order valence-electron chi connectivity index (χ1n) is 6.58. The van der Waals surface area contributed by atoms with Gasteiger partial charge < -0.3 is 14.8 Å². The molecule has 100 valence electrons. The summed E-state index contributed by atoms with van der Waals surface area (Å²) in [5.41, 5.74) is 2.55. The maximum atomic E-state index is 5.60. The minimum atomic E-state index is 0.0804. The van der Waals surface area contributed by atoms with Gasteiger partial charge in [0.1, 0.15) is 5.75 Å². The highest BCUT2D eigenvalue weighted by Gasteiger charge is 2.36. The van der Waals surface area contributed by atoms with Gasteiger partial charge in [-0.1, -0.05) is 17.7 Å². The van der Waals surface area contributed by atoms with Gasteiger partial charge in [0.05, 0.1) is 12.7 Å². The van der Waals surface area contributed by atoms with Crippen molar-refractivity contribution in [3.63, 3.8) is 0 Å². The summed E-state index contributed by atoms with van der Waals surface area (Å²) in [6, 6.07) is 6.28. The van der Waals surface area contributed by atoms with Gasteiger partial charge in [0, 0.05) is 25.8 Å². The molecule has 18 heavy (non-hydrogen) atoms. The lowest BCUT2D eigenvalue weighted by Crippen LogP contribution is -2.47. The lowest BCUT2D eigenvalue weighted by molar-refractivity contribution is -0.0695. The molecule has 0 saturated heterocycles. The summed E-state index contributed by atoms with van der Waals surface area (Å²) in [6.45, 7) is 3.85. The molecule has 1 N–H and O–H groups in total. The number of aryl methyl sites for hydroxylation is 1. The van der Waals surface area contributed by atoms with Crippen molar-refractivity contribution < 1.29 is 9.47 Å². The Bertz CT molecular complexity index is 394. The Balaban J connectivity index is 1.91. The third-order valence-corrected chi connectivity index (χ3v) is 3.90. The Morgan fingerprint density at radius 3 is 2.61 bits per heavy atom. The van der Waals surface area contributed by atoms with Crippen molar-refractivity contribution in [3.8, 4) is 5.75 Å². The molecule has 1 aromatic carbocycles. The Kier molecular flexibility index (Phi) is 4.25. The van der Waals surface area contributed by atoms with Crippen LogP contribution in [0.25, 0.3) is 0 Å². The summed E-state index contributed by atoms with van der Waals surface area (Å²) in [5.74, 6) is 0.952. The van der Waals surface area contributed by atoms with E-state index in [-0.39, 0.29) is 5.60 Å². The van der Waals surface area contributed by atoms with Crippen molar-refractivity contribution in [2.45, 2.75) is 38.3 Å². The summed E-state index contributed by atoms with van der Waals surface area (Å²) in [5, 5.41) is 3.49. The molecule has 1 aromatic rings. The van der Waals surface area contributed by atoms with Crippen molar-refractivity contribution in [2.75, 3.05) is 20.8 Å². The van der Waals surface area contributed by atoms with Gasteiger partial charge >= 0.3 is 0 Å². The fraction of sp³-hybridized carbons (Fsp3) is 0.600. The zero-order valence-electron chi connectivity index (χ0n) is 11.6. The highest BCUT2D eigenvalue weighted by Crippen LogP contribution is 2.34. The quantitative estimate of drug-likeness (QED) is 0.840. The molecule has 0 spiro atoms. The Morgan fingerprint density at radius 2 is 2.06 bits per heavy atom. The van der Waals surface area contributed by atoms with Crippen LogP contribution in [0.1, 0.15) is 30.4 Å². The summed E-state index contributed by atoms with van der Waals surface area (Å²) >= 11 is 0. The fourth-order valence-corrected chi connectivity index (χ4v) is 2.49. The number of ether oxygens (including phenoxy) is 2. The van der Waals surface area contributed by atoms with Crippen molar-refractivity contribution in [3.05, 3.63) is 29.3 Å². The molecule has 1 aliphatic carbocycles. The molecule has 3 heteroatoms. The smallest absolute Gasteiger partial charge is 0.123 e. The predicted molar refractivity (Wildman–Crippen MR) is 73.0 cm³/mol. The minimum Gasteiger partial charge on any atom is -0.496 e. The molecule has 0 bridgehead atoms. The number of hydrogen-bond donors (Lipinski definition) is 1. The van der Waals surface area contributed by atoms with E-state index in [1.165, 1.54) is 30.4 Å². The van der Waals surface area contributed by atoms with Crippen LogP contribution < -0.4 is 10.1 Å². The van der Waals surface area contributed by atoms with Gasteiger partial charge in [-0.2, -0.15) is 0 Å². The molecule has 1 saturated carbocycles. The van der Waals surface area contributed by atoms with Crippen LogP contribution >= 0.6 is 0 Å². The molecule has 1 aliphatic rings. The maximum absolute atomic E-state index is 5.60. The molecule has 0 heterocycles. The van der Waals surface area contributed by atoms with Crippen molar-refractivity contribution >= 4 is 0 Å². The van der Waals surface area contributed by atoms with Crippen LogP contribution in [0.2, 0.25) is 0 Å². The summed E-state index contributed by atoms with van der Waals surface area (Å²) < 4.78 is 11.0. The highest BCUT2D eigenvalue weighted by molar-refractivity contribution is 5.36. The molecular formula is C15H23NO2. The van der Waals surface area contributed by atoms with Gasteiger partial charge in [-0.05, 0) is 32.3 Å². The second-order valence-corrected chi connectivity index (χ2v) is 5.16. The molecule has 0 amide bonds. The van der Waals surface area contributed by atoms with Crippen LogP contribution in [-0.2, 0) is 11.3 Å². The SMILES string of the molecule is COc1ccc(C)cc1CNCC1(OC)CCC1.